The van der Waals surface area contributed by atoms with Gasteiger partial charge in [0, 0.05) is 6.61 Å². The third-order valence-electron chi connectivity index (χ3n) is 2.44. The molecule has 0 unspecified atom stereocenters. The summed E-state index contributed by atoms with van der Waals surface area (Å²) >= 11 is 0. The van der Waals surface area contributed by atoms with Gasteiger partial charge in [0.25, 0.3) is 0 Å². The second-order valence-corrected chi connectivity index (χ2v) is 4.37. The van der Waals surface area contributed by atoms with Crippen LogP contribution in [0.3, 0.4) is 0 Å². The fourth-order valence-corrected chi connectivity index (χ4v) is 1.40. The molecule has 0 bridgehead atoms. The predicted molar refractivity (Wildman–Crippen MR) is 71.3 cm³/mol. The van der Waals surface area contributed by atoms with Crippen molar-refractivity contribution in [3.8, 4) is 18.2 Å². The smallest absolute Gasteiger partial charge is 0.127 e. The van der Waals surface area contributed by atoms with Crippen molar-refractivity contribution in [1.29, 1.82) is 15.8 Å². The quantitative estimate of drug-likeness (QED) is 0.505. The summed E-state index contributed by atoms with van der Waals surface area (Å²) < 4.78 is 16.1. The van der Waals surface area contributed by atoms with E-state index in [9.17, 15) is 5.26 Å². The number of rotatable bonds is 12. The molecule has 0 radical (unpaired) electrons. The highest BCUT2D eigenvalue weighted by Gasteiger charge is 2.31. The number of hydrogen-bond acceptors (Lipinski definition) is 6. The highest BCUT2D eigenvalue weighted by Crippen LogP contribution is 2.19. The maximum Gasteiger partial charge on any atom is 0.127 e. The van der Waals surface area contributed by atoms with E-state index in [2.05, 4.69) is 6.07 Å². The fourth-order valence-electron chi connectivity index (χ4n) is 1.40. The van der Waals surface area contributed by atoms with E-state index in [1.807, 2.05) is 19.1 Å². The third kappa shape index (κ3) is 8.45. The Morgan fingerprint density at radius 1 is 0.800 bits per heavy atom. The van der Waals surface area contributed by atoms with E-state index in [-0.39, 0.29) is 45.9 Å². The lowest BCUT2D eigenvalue weighted by Crippen LogP contribution is -2.36. The molecule has 0 amide bonds. The highest BCUT2D eigenvalue weighted by molar-refractivity contribution is 4.99. The Bertz CT molecular complexity index is 343. The van der Waals surface area contributed by atoms with Crippen LogP contribution >= 0.6 is 0 Å². The summed E-state index contributed by atoms with van der Waals surface area (Å²) in [5.41, 5.74) is -0.889. The molecular weight excluding hydrogens is 258 g/mol. The van der Waals surface area contributed by atoms with Crippen molar-refractivity contribution in [2.24, 2.45) is 5.41 Å². The minimum Gasteiger partial charge on any atom is -0.380 e. The molecule has 0 N–H and O–H groups in total. The van der Waals surface area contributed by atoms with E-state index in [1.165, 1.54) is 0 Å². The van der Waals surface area contributed by atoms with Crippen LogP contribution in [0.2, 0.25) is 0 Å². The van der Waals surface area contributed by atoms with Gasteiger partial charge in [0.1, 0.15) is 5.41 Å². The van der Waals surface area contributed by atoms with Gasteiger partial charge in [0.15, 0.2) is 0 Å². The molecule has 0 aromatic rings. The Hall–Kier alpha value is -1.65. The van der Waals surface area contributed by atoms with Crippen molar-refractivity contribution in [3.05, 3.63) is 0 Å². The summed E-state index contributed by atoms with van der Waals surface area (Å²) in [6, 6.07) is 6.14. The summed E-state index contributed by atoms with van der Waals surface area (Å²) in [6.07, 6.45) is 1.44. The zero-order valence-corrected chi connectivity index (χ0v) is 11.9. The second kappa shape index (κ2) is 12.4. The summed E-state index contributed by atoms with van der Waals surface area (Å²) in [7, 11) is 0. The molecule has 0 fully saturated rings. The van der Waals surface area contributed by atoms with Gasteiger partial charge in [-0.1, -0.05) is 6.92 Å². The topological polar surface area (TPSA) is 99.1 Å². The van der Waals surface area contributed by atoms with Crippen LogP contribution < -0.4 is 0 Å². The normalized spacial score (nSPS) is 10.5. The Labute approximate surface area is 120 Å². The van der Waals surface area contributed by atoms with Crippen LogP contribution in [0.15, 0.2) is 0 Å². The number of ether oxygens (including phenoxy) is 3. The van der Waals surface area contributed by atoms with Gasteiger partial charge in [0.2, 0.25) is 0 Å². The SMILES string of the molecule is CCCOCC(C#N)(COCCC#N)COCCC#N. The summed E-state index contributed by atoms with van der Waals surface area (Å²) in [5.74, 6) is 0. The first kappa shape index (κ1) is 18.4. The minimum absolute atomic E-state index is 0.154. The average molecular weight is 279 g/mol. The zero-order valence-electron chi connectivity index (χ0n) is 11.9. The van der Waals surface area contributed by atoms with E-state index in [0.717, 1.165) is 6.42 Å². The summed E-state index contributed by atoms with van der Waals surface area (Å²) in [4.78, 5) is 0. The predicted octanol–water partition coefficient (Wildman–Crippen LogP) is 1.78. The van der Waals surface area contributed by atoms with Crippen molar-refractivity contribution >= 4 is 0 Å². The van der Waals surface area contributed by atoms with Gasteiger partial charge in [-0.3, -0.25) is 0 Å². The van der Waals surface area contributed by atoms with E-state index in [0.29, 0.717) is 6.61 Å². The van der Waals surface area contributed by atoms with Crippen LogP contribution in [0.4, 0.5) is 0 Å². The van der Waals surface area contributed by atoms with Gasteiger partial charge in [-0.25, -0.2) is 0 Å². The monoisotopic (exact) mass is 279 g/mol. The fraction of sp³-hybridized carbons (Fsp3) is 0.786. The molecular formula is C14H21N3O3. The molecule has 0 spiro atoms. The maximum absolute atomic E-state index is 9.37. The molecule has 0 rings (SSSR count). The van der Waals surface area contributed by atoms with Gasteiger partial charge in [-0.2, -0.15) is 15.8 Å². The van der Waals surface area contributed by atoms with E-state index in [1.54, 1.807) is 0 Å². The van der Waals surface area contributed by atoms with Crippen LogP contribution in [0.5, 0.6) is 0 Å². The number of nitriles is 3. The average Bonchev–Trinajstić information content (AvgIpc) is 2.47. The van der Waals surface area contributed by atoms with Crippen molar-refractivity contribution in [2.75, 3.05) is 39.6 Å². The first-order valence-corrected chi connectivity index (χ1v) is 6.63. The largest absolute Gasteiger partial charge is 0.380 e. The molecule has 0 aromatic carbocycles. The van der Waals surface area contributed by atoms with Crippen LogP contribution in [0.25, 0.3) is 0 Å². The van der Waals surface area contributed by atoms with Crippen LogP contribution in [-0.2, 0) is 14.2 Å². The lowest BCUT2D eigenvalue weighted by atomic mass is 9.93. The number of nitrogens with zero attached hydrogens (tertiary/aromatic N) is 3. The van der Waals surface area contributed by atoms with Crippen molar-refractivity contribution < 1.29 is 14.2 Å². The lowest BCUT2D eigenvalue weighted by Gasteiger charge is -2.25. The zero-order chi connectivity index (χ0) is 15.1. The van der Waals surface area contributed by atoms with Gasteiger partial charge < -0.3 is 14.2 Å². The molecule has 20 heavy (non-hydrogen) atoms. The van der Waals surface area contributed by atoms with E-state index < -0.39 is 5.41 Å². The molecule has 6 nitrogen and oxygen atoms in total. The van der Waals surface area contributed by atoms with Crippen LogP contribution in [0, 0.1) is 39.4 Å². The second-order valence-electron chi connectivity index (χ2n) is 4.37. The molecule has 0 aliphatic carbocycles. The van der Waals surface area contributed by atoms with Gasteiger partial charge in [-0.05, 0) is 6.42 Å². The lowest BCUT2D eigenvalue weighted by molar-refractivity contribution is -0.0387. The first-order chi connectivity index (χ1) is 9.74. The van der Waals surface area contributed by atoms with E-state index >= 15 is 0 Å². The molecule has 110 valence electrons. The Morgan fingerprint density at radius 2 is 1.25 bits per heavy atom. The molecule has 6 heteroatoms. The molecule has 0 saturated carbocycles. The van der Waals surface area contributed by atoms with Crippen molar-refractivity contribution in [2.45, 2.75) is 26.2 Å². The first-order valence-electron chi connectivity index (χ1n) is 6.63. The van der Waals surface area contributed by atoms with E-state index in [4.69, 9.17) is 24.7 Å². The van der Waals surface area contributed by atoms with Crippen LogP contribution in [0.1, 0.15) is 26.2 Å². The highest BCUT2D eigenvalue weighted by atomic mass is 16.5. The van der Waals surface area contributed by atoms with Gasteiger partial charge in [-0.15, -0.1) is 0 Å². The third-order valence-corrected chi connectivity index (χ3v) is 2.44. The van der Waals surface area contributed by atoms with Gasteiger partial charge >= 0.3 is 0 Å². The van der Waals surface area contributed by atoms with Crippen molar-refractivity contribution in [3.63, 3.8) is 0 Å². The maximum atomic E-state index is 9.37. The Kier molecular flexibility index (Phi) is 11.4. The van der Waals surface area contributed by atoms with Crippen molar-refractivity contribution in [1.82, 2.24) is 0 Å². The molecule has 0 heterocycles. The summed E-state index contributed by atoms with van der Waals surface area (Å²) in [6.45, 7) is 3.65. The number of hydrogen-bond donors (Lipinski definition) is 0. The van der Waals surface area contributed by atoms with Crippen LogP contribution in [-0.4, -0.2) is 39.6 Å². The molecule has 0 aliphatic heterocycles. The molecule has 0 aliphatic rings. The molecule has 0 saturated heterocycles. The minimum atomic E-state index is -0.889. The van der Waals surface area contributed by atoms with Gasteiger partial charge in [0.05, 0.1) is 64.1 Å². The molecule has 0 aromatic heterocycles. The molecule has 0 atom stereocenters. The summed E-state index contributed by atoms with van der Waals surface area (Å²) in [5, 5.41) is 26.3. The standard InChI is InChI=1S/C14H21N3O3/c1-2-7-18-11-14(10-17,12-19-8-3-5-15)13-20-9-4-6-16/h2-4,7-9,11-13H2,1H3. The Morgan fingerprint density at radius 3 is 1.60 bits per heavy atom. The Balaban J connectivity index is 4.34.